The number of hydrogen-bond donors (Lipinski definition) is 2. The minimum Gasteiger partial charge on any atom is -0.480 e. The average Bonchev–Trinajstić information content (AvgIpc) is 3.45. The summed E-state index contributed by atoms with van der Waals surface area (Å²) in [6.45, 7) is 2.33. The summed E-state index contributed by atoms with van der Waals surface area (Å²) in [6.07, 6.45) is 8.18. The van der Waals surface area contributed by atoms with Crippen molar-refractivity contribution < 1.29 is 14.7 Å². The predicted molar refractivity (Wildman–Crippen MR) is 138 cm³/mol. The minimum atomic E-state index is -0.906. The van der Waals surface area contributed by atoms with Gasteiger partial charge in [-0.2, -0.15) is 0 Å². The van der Waals surface area contributed by atoms with Crippen molar-refractivity contribution in [2.75, 3.05) is 0 Å². The SMILES string of the molecule is CCCCC(=O)N(Cc1ccc(-c2ccccc2-c2nnn[nH]2)cc1)C(CC1CCCCC1)C(=O)O. The van der Waals surface area contributed by atoms with Crippen LogP contribution in [-0.4, -0.2) is 48.5 Å². The lowest BCUT2D eigenvalue weighted by molar-refractivity contribution is -0.152. The van der Waals surface area contributed by atoms with Gasteiger partial charge in [0.15, 0.2) is 5.82 Å². The molecule has 1 fully saturated rings. The molecule has 0 spiro atoms. The molecule has 8 heteroatoms. The van der Waals surface area contributed by atoms with Crippen molar-refractivity contribution in [2.45, 2.75) is 77.3 Å². The lowest BCUT2D eigenvalue weighted by Gasteiger charge is -2.33. The molecule has 1 amide bonds. The van der Waals surface area contributed by atoms with Crippen LogP contribution in [-0.2, 0) is 16.1 Å². The van der Waals surface area contributed by atoms with E-state index in [1.807, 2.05) is 55.5 Å². The Bertz CT molecular complexity index is 1120. The molecule has 0 bridgehead atoms. The van der Waals surface area contributed by atoms with Crippen LogP contribution in [0, 0.1) is 5.92 Å². The third-order valence-electron chi connectivity index (χ3n) is 7.15. The third kappa shape index (κ3) is 6.36. The smallest absolute Gasteiger partial charge is 0.326 e. The molecule has 4 rings (SSSR count). The molecule has 0 aliphatic heterocycles. The fourth-order valence-corrected chi connectivity index (χ4v) is 5.14. The van der Waals surface area contributed by atoms with Gasteiger partial charge in [0.05, 0.1) is 0 Å². The van der Waals surface area contributed by atoms with Crippen LogP contribution >= 0.6 is 0 Å². The number of H-pyrrole nitrogens is 1. The molecule has 1 atom stereocenters. The first-order valence-corrected chi connectivity index (χ1v) is 13.0. The molecule has 190 valence electrons. The Labute approximate surface area is 212 Å². The normalized spacial score (nSPS) is 14.9. The van der Waals surface area contributed by atoms with E-state index in [2.05, 4.69) is 20.6 Å². The van der Waals surface area contributed by atoms with Crippen LogP contribution in [0.4, 0.5) is 0 Å². The molecule has 8 nitrogen and oxygen atoms in total. The van der Waals surface area contributed by atoms with Crippen molar-refractivity contribution in [3.8, 4) is 22.5 Å². The predicted octanol–water partition coefficient (Wildman–Crippen LogP) is 5.48. The quantitative estimate of drug-likeness (QED) is 0.369. The van der Waals surface area contributed by atoms with E-state index >= 15 is 0 Å². The first kappa shape index (κ1) is 25.5. The van der Waals surface area contributed by atoms with Crippen molar-refractivity contribution in [1.82, 2.24) is 25.5 Å². The monoisotopic (exact) mass is 489 g/mol. The third-order valence-corrected chi connectivity index (χ3v) is 7.15. The number of nitrogens with zero attached hydrogens (tertiary/aromatic N) is 4. The van der Waals surface area contributed by atoms with Crippen LogP contribution in [0.25, 0.3) is 22.5 Å². The summed E-state index contributed by atoms with van der Waals surface area (Å²) in [7, 11) is 0. The highest BCUT2D eigenvalue weighted by atomic mass is 16.4. The largest absolute Gasteiger partial charge is 0.480 e. The number of carbonyl (C=O) groups is 2. The van der Waals surface area contributed by atoms with E-state index in [4.69, 9.17) is 0 Å². The number of hydrogen-bond acceptors (Lipinski definition) is 5. The lowest BCUT2D eigenvalue weighted by atomic mass is 9.84. The maximum Gasteiger partial charge on any atom is 0.326 e. The maximum absolute atomic E-state index is 13.2. The number of aromatic amines is 1. The Morgan fingerprint density at radius 1 is 1.06 bits per heavy atom. The van der Waals surface area contributed by atoms with Gasteiger partial charge in [0.25, 0.3) is 0 Å². The summed E-state index contributed by atoms with van der Waals surface area (Å²) in [4.78, 5) is 27.2. The second kappa shape index (κ2) is 12.4. The molecule has 36 heavy (non-hydrogen) atoms. The molecule has 0 radical (unpaired) electrons. The van der Waals surface area contributed by atoms with E-state index in [9.17, 15) is 14.7 Å². The highest BCUT2D eigenvalue weighted by Gasteiger charge is 2.32. The average molecular weight is 490 g/mol. The van der Waals surface area contributed by atoms with Crippen molar-refractivity contribution in [3.63, 3.8) is 0 Å². The van der Waals surface area contributed by atoms with Crippen LogP contribution in [0.15, 0.2) is 48.5 Å². The summed E-state index contributed by atoms with van der Waals surface area (Å²) in [5.41, 5.74) is 3.79. The van der Waals surface area contributed by atoms with E-state index in [0.29, 0.717) is 31.1 Å². The molecular formula is C28H35N5O3. The van der Waals surface area contributed by atoms with Gasteiger partial charge >= 0.3 is 5.97 Å². The van der Waals surface area contributed by atoms with Gasteiger partial charge in [-0.25, -0.2) is 9.89 Å². The van der Waals surface area contributed by atoms with Crippen LogP contribution < -0.4 is 0 Å². The molecule has 1 aliphatic carbocycles. The first-order valence-electron chi connectivity index (χ1n) is 13.0. The van der Waals surface area contributed by atoms with Gasteiger partial charge in [-0.15, -0.1) is 5.10 Å². The summed E-state index contributed by atoms with van der Waals surface area (Å²) in [5.74, 6) is -0.0240. The molecule has 1 aliphatic rings. The molecule has 2 N–H and O–H groups in total. The number of nitrogens with one attached hydrogen (secondary N) is 1. The van der Waals surface area contributed by atoms with E-state index in [-0.39, 0.29) is 5.91 Å². The number of unbranched alkanes of at least 4 members (excludes halogenated alkanes) is 1. The number of aliphatic carboxylic acids is 1. The summed E-state index contributed by atoms with van der Waals surface area (Å²) < 4.78 is 0. The zero-order valence-corrected chi connectivity index (χ0v) is 20.9. The van der Waals surface area contributed by atoms with Gasteiger partial charge in [-0.3, -0.25) is 4.79 Å². The van der Waals surface area contributed by atoms with Crippen molar-refractivity contribution in [3.05, 3.63) is 54.1 Å². The summed E-state index contributed by atoms with van der Waals surface area (Å²) in [5, 5.41) is 24.4. The van der Waals surface area contributed by atoms with Gasteiger partial charge in [-0.1, -0.05) is 94.0 Å². The minimum absolute atomic E-state index is 0.0766. The molecule has 0 saturated heterocycles. The van der Waals surface area contributed by atoms with E-state index in [1.54, 1.807) is 4.90 Å². The van der Waals surface area contributed by atoms with Crippen molar-refractivity contribution in [2.24, 2.45) is 5.92 Å². The molecule has 2 aromatic carbocycles. The Balaban J connectivity index is 1.56. The van der Waals surface area contributed by atoms with Crippen LogP contribution in [0.5, 0.6) is 0 Å². The zero-order valence-electron chi connectivity index (χ0n) is 20.9. The summed E-state index contributed by atoms with van der Waals surface area (Å²) >= 11 is 0. The van der Waals surface area contributed by atoms with Crippen molar-refractivity contribution >= 4 is 11.9 Å². The lowest BCUT2D eigenvalue weighted by Crippen LogP contribution is -2.45. The first-order chi connectivity index (χ1) is 17.6. The second-order valence-corrected chi connectivity index (χ2v) is 9.71. The Morgan fingerprint density at radius 2 is 1.78 bits per heavy atom. The molecule has 1 heterocycles. The number of aromatic nitrogens is 4. The topological polar surface area (TPSA) is 112 Å². The number of amides is 1. The van der Waals surface area contributed by atoms with Crippen LogP contribution in [0.3, 0.4) is 0 Å². The van der Waals surface area contributed by atoms with Gasteiger partial charge in [0, 0.05) is 18.5 Å². The number of carboxylic acids is 1. The second-order valence-electron chi connectivity index (χ2n) is 9.71. The van der Waals surface area contributed by atoms with E-state index in [0.717, 1.165) is 60.8 Å². The zero-order chi connectivity index (χ0) is 25.3. The molecule has 1 saturated carbocycles. The molecular weight excluding hydrogens is 454 g/mol. The highest BCUT2D eigenvalue weighted by molar-refractivity contribution is 5.84. The van der Waals surface area contributed by atoms with Gasteiger partial charge in [0.2, 0.25) is 5.91 Å². The van der Waals surface area contributed by atoms with Crippen LogP contribution in [0.2, 0.25) is 0 Å². The Morgan fingerprint density at radius 3 is 2.42 bits per heavy atom. The van der Waals surface area contributed by atoms with Gasteiger partial charge in [-0.05, 0) is 45.9 Å². The fraction of sp³-hybridized carbons (Fsp3) is 0.464. The summed E-state index contributed by atoms with van der Waals surface area (Å²) in [6, 6.07) is 15.0. The Kier molecular flexibility index (Phi) is 8.81. The highest BCUT2D eigenvalue weighted by Crippen LogP contribution is 2.31. The molecule has 3 aromatic rings. The van der Waals surface area contributed by atoms with Crippen molar-refractivity contribution in [1.29, 1.82) is 0 Å². The van der Waals surface area contributed by atoms with E-state index < -0.39 is 12.0 Å². The number of rotatable bonds is 11. The number of carboxylic acid groups (broad SMARTS) is 1. The number of tetrazole rings is 1. The molecule has 1 unspecified atom stereocenters. The Hall–Kier alpha value is -3.55. The van der Waals surface area contributed by atoms with Gasteiger partial charge < -0.3 is 10.0 Å². The number of benzene rings is 2. The van der Waals surface area contributed by atoms with Crippen LogP contribution in [0.1, 0.15) is 70.3 Å². The number of carbonyl (C=O) groups excluding carboxylic acids is 1. The van der Waals surface area contributed by atoms with E-state index in [1.165, 1.54) is 6.42 Å². The maximum atomic E-state index is 13.2. The fourth-order valence-electron chi connectivity index (χ4n) is 5.14. The molecule has 1 aromatic heterocycles. The van der Waals surface area contributed by atoms with Gasteiger partial charge in [0.1, 0.15) is 6.04 Å². The standard InChI is InChI=1S/C28H35N5O3/c1-2-3-13-26(34)33(25(28(35)36)18-20-9-5-4-6-10-20)19-21-14-16-22(17-15-21)23-11-7-8-12-24(23)27-29-31-32-30-27/h7-8,11-12,14-17,20,25H,2-6,9-10,13,18-19H2,1H3,(H,35,36)(H,29,30,31,32).